The van der Waals surface area contributed by atoms with Crippen LogP contribution in [0.3, 0.4) is 0 Å². The fourth-order valence-corrected chi connectivity index (χ4v) is 3.87. The Labute approximate surface area is 118 Å². The van der Waals surface area contributed by atoms with Crippen LogP contribution in [0.15, 0.2) is 24.3 Å². The molecule has 1 rings (SSSR count). The zero-order valence-corrected chi connectivity index (χ0v) is 12.4. The molecular weight excluding hydrogens is 287 g/mol. The van der Waals surface area contributed by atoms with Crippen molar-refractivity contribution in [2.75, 3.05) is 0 Å². The predicted octanol–water partition coefficient (Wildman–Crippen LogP) is 1.87. The second-order valence-electron chi connectivity index (χ2n) is 4.21. The Bertz CT molecular complexity index is 561. The van der Waals surface area contributed by atoms with Crippen molar-refractivity contribution in [1.29, 1.82) is 0 Å². The molecule has 7 heteroatoms. The lowest BCUT2D eigenvalue weighted by Gasteiger charge is -2.20. The number of halogens is 1. The van der Waals surface area contributed by atoms with Gasteiger partial charge in [-0.3, -0.25) is 0 Å². The summed E-state index contributed by atoms with van der Waals surface area (Å²) in [6, 6.07) is 5.32. The van der Waals surface area contributed by atoms with E-state index in [4.69, 9.17) is 18.0 Å². The van der Waals surface area contributed by atoms with Gasteiger partial charge in [0.05, 0.1) is 4.99 Å². The van der Waals surface area contributed by atoms with Gasteiger partial charge in [-0.15, -0.1) is 0 Å². The van der Waals surface area contributed by atoms with E-state index < -0.39 is 27.1 Å². The van der Waals surface area contributed by atoms with E-state index in [1.165, 1.54) is 12.1 Å². The molecule has 0 aromatic heterocycles. The Morgan fingerprint density at radius 2 is 2.05 bits per heavy atom. The van der Waals surface area contributed by atoms with Crippen LogP contribution >= 0.6 is 12.2 Å². The minimum absolute atomic E-state index is 0.0873. The predicted molar refractivity (Wildman–Crippen MR) is 77.7 cm³/mol. The highest BCUT2D eigenvalue weighted by Gasteiger charge is 2.28. The van der Waals surface area contributed by atoms with E-state index in [1.54, 1.807) is 26.0 Å². The van der Waals surface area contributed by atoms with Crippen LogP contribution in [0.5, 0.6) is 0 Å². The average molecular weight is 304 g/mol. The first kappa shape index (κ1) is 16.0. The SMILES string of the molecule is CCC(C(N)=S)S(=O)(=O)NC(C)c1ccccc1F. The summed E-state index contributed by atoms with van der Waals surface area (Å²) in [7, 11) is -3.72. The molecule has 2 atom stereocenters. The first-order valence-electron chi connectivity index (χ1n) is 5.84. The summed E-state index contributed by atoms with van der Waals surface area (Å²) in [5.41, 5.74) is 5.70. The molecule has 0 aliphatic carbocycles. The summed E-state index contributed by atoms with van der Waals surface area (Å²) in [4.78, 5) is -0.0873. The van der Waals surface area contributed by atoms with Crippen LogP contribution in [-0.4, -0.2) is 18.7 Å². The Morgan fingerprint density at radius 1 is 1.47 bits per heavy atom. The van der Waals surface area contributed by atoms with Gasteiger partial charge in [-0.05, 0) is 19.4 Å². The van der Waals surface area contributed by atoms with Crippen LogP contribution in [0, 0.1) is 5.82 Å². The molecule has 2 unspecified atom stereocenters. The van der Waals surface area contributed by atoms with E-state index in [2.05, 4.69) is 4.72 Å². The molecular formula is C12H17FN2O2S2. The second-order valence-corrected chi connectivity index (χ2v) is 6.57. The molecule has 1 aromatic rings. The number of nitrogens with two attached hydrogens (primary N) is 1. The van der Waals surface area contributed by atoms with Crippen molar-refractivity contribution >= 4 is 27.2 Å². The van der Waals surface area contributed by atoms with E-state index in [9.17, 15) is 12.8 Å². The summed E-state index contributed by atoms with van der Waals surface area (Å²) < 4.78 is 40.2. The third kappa shape index (κ3) is 3.95. The smallest absolute Gasteiger partial charge is 0.221 e. The quantitative estimate of drug-likeness (QED) is 0.787. The number of hydrogen-bond donors (Lipinski definition) is 2. The number of hydrogen-bond acceptors (Lipinski definition) is 3. The third-order valence-electron chi connectivity index (χ3n) is 2.78. The lowest BCUT2D eigenvalue weighted by atomic mass is 10.1. The maximum atomic E-state index is 13.6. The minimum atomic E-state index is -3.72. The van der Waals surface area contributed by atoms with Crippen molar-refractivity contribution in [1.82, 2.24) is 4.72 Å². The first-order chi connectivity index (χ1) is 8.79. The fraction of sp³-hybridized carbons (Fsp3) is 0.417. The van der Waals surface area contributed by atoms with Gasteiger partial charge in [0.1, 0.15) is 11.1 Å². The monoisotopic (exact) mass is 304 g/mol. The first-order valence-corrected chi connectivity index (χ1v) is 7.80. The number of benzene rings is 1. The average Bonchev–Trinajstić information content (AvgIpc) is 2.28. The Hall–Kier alpha value is -1.05. The second kappa shape index (κ2) is 6.40. The maximum Gasteiger partial charge on any atom is 0.221 e. The highest BCUT2D eigenvalue weighted by molar-refractivity contribution is 7.93. The summed E-state index contributed by atoms with van der Waals surface area (Å²) in [6.07, 6.45) is 0.272. The molecule has 0 aliphatic heterocycles. The lowest BCUT2D eigenvalue weighted by molar-refractivity contribution is 0.545. The largest absolute Gasteiger partial charge is 0.392 e. The fourth-order valence-electron chi connectivity index (χ4n) is 1.79. The molecule has 0 heterocycles. The minimum Gasteiger partial charge on any atom is -0.392 e. The van der Waals surface area contributed by atoms with Crippen LogP contribution in [-0.2, 0) is 10.0 Å². The molecule has 4 nitrogen and oxygen atoms in total. The summed E-state index contributed by atoms with van der Waals surface area (Å²) in [5.74, 6) is -0.457. The molecule has 106 valence electrons. The lowest BCUT2D eigenvalue weighted by Crippen LogP contribution is -2.42. The van der Waals surface area contributed by atoms with Crippen molar-refractivity contribution < 1.29 is 12.8 Å². The van der Waals surface area contributed by atoms with E-state index in [0.717, 1.165) is 0 Å². The van der Waals surface area contributed by atoms with Crippen LogP contribution in [0.4, 0.5) is 4.39 Å². The van der Waals surface area contributed by atoms with Crippen LogP contribution < -0.4 is 10.5 Å². The number of rotatable bonds is 6. The molecule has 0 fully saturated rings. The van der Waals surface area contributed by atoms with E-state index in [0.29, 0.717) is 0 Å². The highest BCUT2D eigenvalue weighted by atomic mass is 32.2. The standard InChI is InChI=1S/C12H17FN2O2S2/c1-3-11(12(14)18)19(16,17)15-8(2)9-6-4-5-7-10(9)13/h4-8,11,15H,3H2,1-2H3,(H2,14,18). The van der Waals surface area contributed by atoms with Gasteiger partial charge in [-0.25, -0.2) is 17.5 Å². The van der Waals surface area contributed by atoms with E-state index in [1.807, 2.05) is 0 Å². The summed E-state index contributed by atoms with van der Waals surface area (Å²) in [6.45, 7) is 3.25. The molecule has 19 heavy (non-hydrogen) atoms. The molecule has 1 aromatic carbocycles. The van der Waals surface area contributed by atoms with Gasteiger partial charge >= 0.3 is 0 Å². The van der Waals surface area contributed by atoms with Crippen LogP contribution in [0.2, 0.25) is 0 Å². The summed E-state index contributed by atoms with van der Waals surface area (Å²) >= 11 is 4.74. The highest BCUT2D eigenvalue weighted by Crippen LogP contribution is 2.18. The van der Waals surface area contributed by atoms with Gasteiger partial charge in [-0.1, -0.05) is 37.3 Å². The van der Waals surface area contributed by atoms with Crippen LogP contribution in [0.25, 0.3) is 0 Å². The number of thiocarbonyl (C=S) groups is 1. The zero-order chi connectivity index (χ0) is 14.6. The van der Waals surface area contributed by atoms with Gasteiger partial charge in [-0.2, -0.15) is 0 Å². The molecule has 0 spiro atoms. The van der Waals surface area contributed by atoms with Crippen molar-refractivity contribution in [2.45, 2.75) is 31.6 Å². The van der Waals surface area contributed by atoms with Crippen LogP contribution in [0.1, 0.15) is 31.9 Å². The molecule has 0 saturated carbocycles. The maximum absolute atomic E-state index is 13.6. The zero-order valence-electron chi connectivity index (χ0n) is 10.8. The van der Waals surface area contributed by atoms with Gasteiger partial charge in [0.25, 0.3) is 0 Å². The van der Waals surface area contributed by atoms with Crippen molar-refractivity contribution in [3.8, 4) is 0 Å². The molecule has 0 aliphatic rings. The van der Waals surface area contributed by atoms with Crippen molar-refractivity contribution in [2.24, 2.45) is 5.73 Å². The number of nitrogens with one attached hydrogen (secondary N) is 1. The Morgan fingerprint density at radius 3 is 2.53 bits per heavy atom. The molecule has 0 amide bonds. The molecule has 0 saturated heterocycles. The van der Waals surface area contributed by atoms with E-state index >= 15 is 0 Å². The Kier molecular flexibility index (Phi) is 5.39. The van der Waals surface area contributed by atoms with Gasteiger partial charge in [0, 0.05) is 11.6 Å². The van der Waals surface area contributed by atoms with E-state index in [-0.39, 0.29) is 17.0 Å². The summed E-state index contributed by atoms with van der Waals surface area (Å²) in [5, 5.41) is -0.947. The topological polar surface area (TPSA) is 72.2 Å². The van der Waals surface area contributed by atoms with Crippen molar-refractivity contribution in [3.05, 3.63) is 35.6 Å². The van der Waals surface area contributed by atoms with Gasteiger partial charge in [0.2, 0.25) is 10.0 Å². The van der Waals surface area contributed by atoms with Crippen molar-refractivity contribution in [3.63, 3.8) is 0 Å². The van der Waals surface area contributed by atoms with Gasteiger partial charge < -0.3 is 5.73 Å². The molecule has 0 bridgehead atoms. The van der Waals surface area contributed by atoms with Gasteiger partial charge in [0.15, 0.2) is 0 Å². The normalized spacial score (nSPS) is 14.9. The number of sulfonamides is 1. The Balaban J connectivity index is 2.96. The molecule has 0 radical (unpaired) electrons. The third-order valence-corrected chi connectivity index (χ3v) is 5.23. The molecule has 3 N–H and O–H groups in total.